The summed E-state index contributed by atoms with van der Waals surface area (Å²) in [5.41, 5.74) is 2.57. The van der Waals surface area contributed by atoms with Crippen LogP contribution in [0.15, 0.2) is 48.5 Å². The second kappa shape index (κ2) is 5.74. The molecule has 0 bridgehead atoms. The maximum Gasteiger partial charge on any atom is 0.0581 e. The van der Waals surface area contributed by atoms with Crippen LogP contribution in [0.2, 0.25) is 0 Å². The first-order chi connectivity index (χ1) is 9.65. The second-order valence-electron chi connectivity index (χ2n) is 4.96. The third kappa shape index (κ3) is 2.69. The summed E-state index contributed by atoms with van der Waals surface area (Å²) in [6.45, 7) is 4.45. The summed E-state index contributed by atoms with van der Waals surface area (Å²) < 4.78 is 2.63. The molecular formula is C17H16INS. The van der Waals surface area contributed by atoms with Gasteiger partial charge in [0.1, 0.15) is 0 Å². The van der Waals surface area contributed by atoms with Gasteiger partial charge in [0.15, 0.2) is 0 Å². The molecule has 0 radical (unpaired) electrons. The zero-order chi connectivity index (χ0) is 14.1. The predicted molar refractivity (Wildman–Crippen MR) is 97.8 cm³/mol. The molecule has 20 heavy (non-hydrogen) atoms. The number of nitrogens with one attached hydrogen (secondary N) is 1. The van der Waals surface area contributed by atoms with Gasteiger partial charge in [-0.1, -0.05) is 18.2 Å². The zero-order valence-corrected chi connectivity index (χ0v) is 14.5. The predicted octanol–water partition coefficient (Wildman–Crippen LogP) is 5.99. The van der Waals surface area contributed by atoms with Crippen molar-refractivity contribution in [3.8, 4) is 0 Å². The molecule has 0 saturated carbocycles. The molecule has 1 N–H and O–H groups in total. The highest BCUT2D eigenvalue weighted by atomic mass is 127. The number of benzene rings is 2. The van der Waals surface area contributed by atoms with Crippen LogP contribution in [0.3, 0.4) is 0 Å². The quantitative estimate of drug-likeness (QED) is 0.539. The monoisotopic (exact) mass is 393 g/mol. The summed E-state index contributed by atoms with van der Waals surface area (Å²) in [6, 6.07) is 17.5. The Hall–Kier alpha value is -1.07. The Kier molecular flexibility index (Phi) is 3.98. The fourth-order valence-corrected chi connectivity index (χ4v) is 4.04. The molecule has 1 unspecified atom stereocenters. The van der Waals surface area contributed by atoms with Crippen molar-refractivity contribution < 1.29 is 0 Å². The summed E-state index contributed by atoms with van der Waals surface area (Å²) in [7, 11) is 0. The Labute approximate surface area is 137 Å². The van der Waals surface area contributed by atoms with E-state index in [1.165, 1.54) is 29.8 Å². The van der Waals surface area contributed by atoms with Crippen LogP contribution in [0, 0.1) is 10.5 Å². The molecule has 0 aliphatic rings. The summed E-state index contributed by atoms with van der Waals surface area (Å²) in [5, 5.41) is 4.97. The molecule has 0 spiro atoms. The minimum absolute atomic E-state index is 0.326. The van der Waals surface area contributed by atoms with Crippen LogP contribution in [0.1, 0.15) is 23.4 Å². The molecule has 3 aromatic rings. The lowest BCUT2D eigenvalue weighted by Crippen LogP contribution is -2.05. The molecule has 0 fully saturated rings. The van der Waals surface area contributed by atoms with E-state index in [1.54, 1.807) is 0 Å². The lowest BCUT2D eigenvalue weighted by molar-refractivity contribution is 0.900. The van der Waals surface area contributed by atoms with E-state index in [9.17, 15) is 0 Å². The maximum absolute atomic E-state index is 3.59. The van der Waals surface area contributed by atoms with Gasteiger partial charge in [0.25, 0.3) is 0 Å². The van der Waals surface area contributed by atoms with Crippen LogP contribution in [-0.4, -0.2) is 0 Å². The molecule has 1 aromatic heterocycles. The topological polar surface area (TPSA) is 12.0 Å². The van der Waals surface area contributed by atoms with Gasteiger partial charge in [-0.3, -0.25) is 0 Å². The lowest BCUT2D eigenvalue weighted by Gasteiger charge is -2.15. The zero-order valence-electron chi connectivity index (χ0n) is 11.5. The Bertz CT molecular complexity index is 730. The van der Waals surface area contributed by atoms with E-state index in [0.717, 1.165) is 0 Å². The Morgan fingerprint density at radius 2 is 1.75 bits per heavy atom. The molecule has 0 saturated heterocycles. The molecule has 2 aromatic carbocycles. The van der Waals surface area contributed by atoms with Gasteiger partial charge in [0, 0.05) is 18.8 Å². The summed E-state index contributed by atoms with van der Waals surface area (Å²) in [4.78, 5) is 1.42. The smallest absolute Gasteiger partial charge is 0.0581 e. The van der Waals surface area contributed by atoms with Crippen LogP contribution in [0.4, 0.5) is 5.69 Å². The fourth-order valence-electron chi connectivity index (χ4n) is 2.47. The summed E-state index contributed by atoms with van der Waals surface area (Å²) in [6.07, 6.45) is 0. The van der Waals surface area contributed by atoms with E-state index in [2.05, 4.69) is 90.3 Å². The molecule has 0 aliphatic heterocycles. The number of hydrogen-bond acceptors (Lipinski definition) is 2. The van der Waals surface area contributed by atoms with Crippen LogP contribution in [0.5, 0.6) is 0 Å². The van der Waals surface area contributed by atoms with E-state index in [4.69, 9.17) is 0 Å². The SMILES string of the molecule is Cc1c(C(C)Nc2ccc(I)cc2)sc2ccccc12. The summed E-state index contributed by atoms with van der Waals surface area (Å²) in [5.74, 6) is 0. The van der Waals surface area contributed by atoms with Gasteiger partial charge in [0.2, 0.25) is 0 Å². The molecular weight excluding hydrogens is 377 g/mol. The van der Waals surface area contributed by atoms with Crippen LogP contribution >= 0.6 is 33.9 Å². The average molecular weight is 393 g/mol. The van der Waals surface area contributed by atoms with Crippen molar-refractivity contribution in [2.24, 2.45) is 0 Å². The molecule has 3 heteroatoms. The number of rotatable bonds is 3. The van der Waals surface area contributed by atoms with E-state index in [-0.39, 0.29) is 0 Å². The van der Waals surface area contributed by atoms with Crippen LogP contribution in [0.25, 0.3) is 10.1 Å². The standard InChI is InChI=1S/C17H16INS/c1-11-15-5-3-4-6-16(15)20-17(11)12(2)19-14-9-7-13(18)8-10-14/h3-10,12,19H,1-2H3. The van der Waals surface area contributed by atoms with E-state index in [0.29, 0.717) is 6.04 Å². The van der Waals surface area contributed by atoms with Crippen molar-refractivity contribution in [2.75, 3.05) is 5.32 Å². The second-order valence-corrected chi connectivity index (χ2v) is 7.29. The van der Waals surface area contributed by atoms with Gasteiger partial charge in [0.05, 0.1) is 6.04 Å². The summed E-state index contributed by atoms with van der Waals surface area (Å²) >= 11 is 4.22. The Balaban J connectivity index is 1.90. The number of fused-ring (bicyclic) bond motifs is 1. The van der Waals surface area contributed by atoms with E-state index in [1.807, 2.05) is 11.3 Å². The normalized spacial score (nSPS) is 12.6. The minimum Gasteiger partial charge on any atom is -0.378 e. The van der Waals surface area contributed by atoms with Crippen molar-refractivity contribution in [3.63, 3.8) is 0 Å². The highest BCUT2D eigenvalue weighted by Crippen LogP contribution is 2.35. The molecule has 3 rings (SSSR count). The molecule has 1 heterocycles. The van der Waals surface area contributed by atoms with Gasteiger partial charge >= 0.3 is 0 Å². The number of thiophene rings is 1. The average Bonchev–Trinajstić information content (AvgIpc) is 2.79. The molecule has 1 atom stereocenters. The third-order valence-electron chi connectivity index (χ3n) is 3.50. The largest absolute Gasteiger partial charge is 0.378 e. The molecule has 1 nitrogen and oxygen atoms in total. The van der Waals surface area contributed by atoms with Crippen molar-refractivity contribution in [3.05, 3.63) is 62.5 Å². The van der Waals surface area contributed by atoms with Crippen molar-refractivity contribution in [1.82, 2.24) is 0 Å². The Morgan fingerprint density at radius 1 is 1.05 bits per heavy atom. The Morgan fingerprint density at radius 3 is 2.45 bits per heavy atom. The first-order valence-corrected chi connectivity index (χ1v) is 8.55. The van der Waals surface area contributed by atoms with Crippen LogP contribution in [-0.2, 0) is 0 Å². The maximum atomic E-state index is 3.59. The van der Waals surface area contributed by atoms with Gasteiger partial charge in [-0.2, -0.15) is 0 Å². The molecule has 102 valence electrons. The van der Waals surface area contributed by atoms with Crippen molar-refractivity contribution >= 4 is 49.7 Å². The van der Waals surface area contributed by atoms with Crippen molar-refractivity contribution in [2.45, 2.75) is 19.9 Å². The van der Waals surface area contributed by atoms with Gasteiger partial charge in [-0.15, -0.1) is 11.3 Å². The van der Waals surface area contributed by atoms with E-state index >= 15 is 0 Å². The first kappa shape index (κ1) is 13.9. The lowest BCUT2D eigenvalue weighted by atomic mass is 10.1. The molecule has 0 amide bonds. The third-order valence-corrected chi connectivity index (χ3v) is 5.68. The van der Waals surface area contributed by atoms with Crippen LogP contribution < -0.4 is 5.32 Å². The van der Waals surface area contributed by atoms with Gasteiger partial charge < -0.3 is 5.32 Å². The highest BCUT2D eigenvalue weighted by molar-refractivity contribution is 14.1. The number of halogens is 1. The van der Waals surface area contributed by atoms with Crippen molar-refractivity contribution in [1.29, 1.82) is 0 Å². The number of aryl methyl sites for hydroxylation is 1. The van der Waals surface area contributed by atoms with Gasteiger partial charge in [-0.25, -0.2) is 0 Å². The molecule has 0 aliphatic carbocycles. The fraction of sp³-hybridized carbons (Fsp3) is 0.176. The van der Waals surface area contributed by atoms with E-state index < -0.39 is 0 Å². The van der Waals surface area contributed by atoms with Gasteiger partial charge in [-0.05, 0) is 77.7 Å². The number of hydrogen-bond donors (Lipinski definition) is 1. The number of anilines is 1. The first-order valence-electron chi connectivity index (χ1n) is 6.65. The highest BCUT2D eigenvalue weighted by Gasteiger charge is 2.14. The minimum atomic E-state index is 0.326.